The first kappa shape index (κ1) is 16.6. The minimum absolute atomic E-state index is 0.000636. The molecule has 0 aromatic rings. The lowest BCUT2D eigenvalue weighted by Gasteiger charge is -2.32. The Kier molecular flexibility index (Phi) is 8.49. The van der Waals surface area contributed by atoms with Crippen molar-refractivity contribution in [1.82, 2.24) is 4.90 Å². The second-order valence-electron chi connectivity index (χ2n) is 3.66. The van der Waals surface area contributed by atoms with Crippen molar-refractivity contribution in [2.45, 2.75) is 18.6 Å². The van der Waals surface area contributed by atoms with Gasteiger partial charge in [0.2, 0.25) is 0 Å². The van der Waals surface area contributed by atoms with E-state index in [1.54, 1.807) is 0 Å². The fourth-order valence-corrected chi connectivity index (χ4v) is 1.55. The van der Waals surface area contributed by atoms with Gasteiger partial charge in [0.15, 0.2) is 0 Å². The average Bonchev–Trinajstić information content (AvgIpc) is 2.25. The molecule has 1 unspecified atom stereocenters. The summed E-state index contributed by atoms with van der Waals surface area (Å²) in [5.41, 5.74) is 5.23. The van der Waals surface area contributed by atoms with Crippen LogP contribution in [0.25, 0.3) is 0 Å². The number of halogens is 3. The lowest BCUT2D eigenvalue weighted by atomic mass is 10.1. The maximum absolute atomic E-state index is 12.8. The molecule has 0 aliphatic carbocycles. The summed E-state index contributed by atoms with van der Waals surface area (Å²) in [6.07, 6.45) is -4.39. The molecule has 0 radical (unpaired) electrons. The molecule has 0 fully saturated rings. The highest BCUT2D eigenvalue weighted by atomic mass is 19.4. The summed E-state index contributed by atoms with van der Waals surface area (Å²) in [6.45, 7) is 0.927. The second-order valence-corrected chi connectivity index (χ2v) is 3.66. The number of ether oxygens (including phenoxy) is 2. The quantitative estimate of drug-likeness (QED) is 0.666. The van der Waals surface area contributed by atoms with Crippen LogP contribution < -0.4 is 5.73 Å². The van der Waals surface area contributed by atoms with Gasteiger partial charge in [0.1, 0.15) is 6.04 Å². The Labute approximate surface area is 99.8 Å². The van der Waals surface area contributed by atoms with Crippen molar-refractivity contribution in [1.29, 1.82) is 0 Å². The molecule has 0 saturated carbocycles. The lowest BCUT2D eigenvalue weighted by molar-refractivity contribution is -0.187. The molecule has 0 aromatic heterocycles. The van der Waals surface area contributed by atoms with E-state index in [2.05, 4.69) is 0 Å². The normalized spacial score (nSPS) is 14.3. The third kappa shape index (κ3) is 6.82. The zero-order valence-electron chi connectivity index (χ0n) is 10.3. The molecule has 17 heavy (non-hydrogen) atoms. The average molecular weight is 258 g/mol. The SMILES string of the molecule is COCCN(CCOC)C(CCN)C(F)(F)F. The summed E-state index contributed by atoms with van der Waals surface area (Å²) >= 11 is 0. The third-order valence-corrected chi connectivity index (χ3v) is 2.42. The molecule has 4 nitrogen and oxygen atoms in total. The molecular formula is C10H21F3N2O2. The fraction of sp³-hybridized carbons (Fsp3) is 1.00. The molecule has 0 heterocycles. The zero-order chi connectivity index (χ0) is 13.3. The van der Waals surface area contributed by atoms with Gasteiger partial charge in [-0.3, -0.25) is 4.90 Å². The van der Waals surface area contributed by atoms with E-state index >= 15 is 0 Å². The molecule has 0 bridgehead atoms. The van der Waals surface area contributed by atoms with Crippen LogP contribution in [0.2, 0.25) is 0 Å². The molecule has 7 heteroatoms. The van der Waals surface area contributed by atoms with Gasteiger partial charge in [-0.05, 0) is 13.0 Å². The van der Waals surface area contributed by atoms with Gasteiger partial charge in [-0.1, -0.05) is 0 Å². The van der Waals surface area contributed by atoms with Crippen LogP contribution >= 0.6 is 0 Å². The number of hydrogen-bond acceptors (Lipinski definition) is 4. The highest BCUT2D eigenvalue weighted by Gasteiger charge is 2.42. The molecule has 104 valence electrons. The number of hydrogen-bond donors (Lipinski definition) is 1. The van der Waals surface area contributed by atoms with Crippen molar-refractivity contribution in [3.05, 3.63) is 0 Å². The Morgan fingerprint density at radius 2 is 1.59 bits per heavy atom. The summed E-state index contributed by atoms with van der Waals surface area (Å²) < 4.78 is 48.1. The number of rotatable bonds is 9. The van der Waals surface area contributed by atoms with Gasteiger partial charge < -0.3 is 15.2 Å². The van der Waals surface area contributed by atoms with Crippen LogP contribution in [-0.2, 0) is 9.47 Å². The number of nitrogens with zero attached hydrogens (tertiary/aromatic N) is 1. The van der Waals surface area contributed by atoms with Crippen LogP contribution in [0.3, 0.4) is 0 Å². The smallest absolute Gasteiger partial charge is 0.383 e. The molecule has 0 rings (SSSR count). The van der Waals surface area contributed by atoms with E-state index in [1.165, 1.54) is 19.1 Å². The van der Waals surface area contributed by atoms with Crippen LogP contribution in [0, 0.1) is 0 Å². The summed E-state index contributed by atoms with van der Waals surface area (Å²) in [5, 5.41) is 0. The van der Waals surface area contributed by atoms with E-state index in [9.17, 15) is 13.2 Å². The number of methoxy groups -OCH3 is 2. The first-order valence-corrected chi connectivity index (χ1v) is 5.46. The van der Waals surface area contributed by atoms with E-state index in [0.717, 1.165) is 0 Å². The Bertz CT molecular complexity index is 183. The van der Waals surface area contributed by atoms with Crippen molar-refractivity contribution >= 4 is 0 Å². The van der Waals surface area contributed by atoms with Crippen molar-refractivity contribution in [3.63, 3.8) is 0 Å². The predicted octanol–water partition coefficient (Wildman–Crippen LogP) is 0.861. The van der Waals surface area contributed by atoms with Crippen molar-refractivity contribution < 1.29 is 22.6 Å². The first-order chi connectivity index (χ1) is 7.97. The number of nitrogens with two attached hydrogens (primary N) is 1. The fourth-order valence-electron chi connectivity index (χ4n) is 1.55. The molecular weight excluding hydrogens is 237 g/mol. The molecule has 0 aromatic carbocycles. The summed E-state index contributed by atoms with van der Waals surface area (Å²) in [6, 6.07) is -1.53. The lowest BCUT2D eigenvalue weighted by Crippen LogP contribution is -2.49. The van der Waals surface area contributed by atoms with Gasteiger partial charge in [-0.25, -0.2) is 0 Å². The van der Waals surface area contributed by atoms with Crippen LogP contribution in [0.1, 0.15) is 6.42 Å². The van der Waals surface area contributed by atoms with Gasteiger partial charge in [0.05, 0.1) is 13.2 Å². The molecule has 0 spiro atoms. The molecule has 0 amide bonds. The van der Waals surface area contributed by atoms with E-state index in [0.29, 0.717) is 0 Å². The Hall–Kier alpha value is -0.370. The van der Waals surface area contributed by atoms with Gasteiger partial charge in [0, 0.05) is 27.3 Å². The first-order valence-electron chi connectivity index (χ1n) is 5.46. The Morgan fingerprint density at radius 1 is 1.12 bits per heavy atom. The molecule has 2 N–H and O–H groups in total. The molecule has 0 aliphatic rings. The van der Waals surface area contributed by atoms with Gasteiger partial charge in [0.25, 0.3) is 0 Å². The Morgan fingerprint density at radius 3 is 1.88 bits per heavy atom. The largest absolute Gasteiger partial charge is 0.404 e. The van der Waals surface area contributed by atoms with Gasteiger partial charge in [-0.2, -0.15) is 13.2 Å². The standard InChI is InChI=1S/C10H21F3N2O2/c1-16-7-5-15(6-8-17-2)9(3-4-14)10(11,12)13/h9H,3-8,14H2,1-2H3. The molecule has 0 aliphatic heterocycles. The topological polar surface area (TPSA) is 47.7 Å². The number of alkyl halides is 3. The minimum Gasteiger partial charge on any atom is -0.383 e. The monoisotopic (exact) mass is 258 g/mol. The third-order valence-electron chi connectivity index (χ3n) is 2.42. The van der Waals surface area contributed by atoms with Crippen LogP contribution in [-0.4, -0.2) is 64.2 Å². The zero-order valence-corrected chi connectivity index (χ0v) is 10.3. The van der Waals surface area contributed by atoms with Crippen LogP contribution in [0.5, 0.6) is 0 Å². The van der Waals surface area contributed by atoms with Gasteiger partial charge in [-0.15, -0.1) is 0 Å². The van der Waals surface area contributed by atoms with E-state index in [1.807, 2.05) is 0 Å². The summed E-state index contributed by atoms with van der Waals surface area (Å²) in [4.78, 5) is 1.31. The van der Waals surface area contributed by atoms with E-state index in [-0.39, 0.29) is 39.3 Å². The Balaban J connectivity index is 4.54. The van der Waals surface area contributed by atoms with Gasteiger partial charge >= 0.3 is 6.18 Å². The highest BCUT2D eigenvalue weighted by molar-refractivity contribution is 4.79. The predicted molar refractivity (Wildman–Crippen MR) is 58.8 cm³/mol. The van der Waals surface area contributed by atoms with Crippen molar-refractivity contribution in [2.75, 3.05) is 47.1 Å². The summed E-state index contributed by atoms with van der Waals surface area (Å²) in [5.74, 6) is 0. The van der Waals surface area contributed by atoms with E-state index in [4.69, 9.17) is 15.2 Å². The van der Waals surface area contributed by atoms with Crippen LogP contribution in [0.4, 0.5) is 13.2 Å². The molecule has 0 saturated heterocycles. The van der Waals surface area contributed by atoms with E-state index < -0.39 is 12.2 Å². The minimum atomic E-state index is -4.28. The molecule has 1 atom stereocenters. The second kappa shape index (κ2) is 8.68. The van der Waals surface area contributed by atoms with Crippen molar-refractivity contribution in [3.8, 4) is 0 Å². The van der Waals surface area contributed by atoms with Crippen molar-refractivity contribution in [2.24, 2.45) is 5.73 Å². The maximum atomic E-state index is 12.8. The highest BCUT2D eigenvalue weighted by Crippen LogP contribution is 2.26. The summed E-state index contributed by atoms with van der Waals surface area (Å²) in [7, 11) is 2.92. The maximum Gasteiger partial charge on any atom is 0.404 e. The van der Waals surface area contributed by atoms with Crippen LogP contribution in [0.15, 0.2) is 0 Å².